The minimum atomic E-state index is 0. The Kier molecular flexibility index (Phi) is 4.91. The Bertz CT molecular complexity index is 283. The Labute approximate surface area is 104 Å². The molecule has 4 heteroatoms. The van der Waals surface area contributed by atoms with Crippen LogP contribution in [0, 0.1) is 5.92 Å². The summed E-state index contributed by atoms with van der Waals surface area (Å²) in [7, 11) is 0. The van der Waals surface area contributed by atoms with Gasteiger partial charge in [-0.1, -0.05) is 12.8 Å². The first-order valence-electron chi connectivity index (χ1n) is 4.77. The zero-order valence-electron chi connectivity index (χ0n) is 7.91. The molecule has 0 aromatic carbocycles. The molecule has 1 saturated carbocycles. The molecule has 1 aliphatic rings. The Morgan fingerprint density at radius 1 is 1.43 bits per heavy atom. The molecule has 1 aliphatic carbocycles. The normalized spacial score (nSPS) is 19.3. The molecule has 0 bridgehead atoms. The largest absolute Gasteiger partial charge is 0.323 e. The second kappa shape index (κ2) is 5.50. The van der Waals surface area contributed by atoms with Gasteiger partial charge in [0.2, 0.25) is 0 Å². The molecule has 14 heavy (non-hydrogen) atoms. The molecule has 2 rings (SSSR count). The van der Waals surface area contributed by atoms with E-state index in [1.807, 2.05) is 0 Å². The quantitative estimate of drug-likeness (QED) is 0.873. The second-order valence-electron chi connectivity index (χ2n) is 3.70. The third-order valence-electron chi connectivity index (χ3n) is 2.86. The third-order valence-corrected chi connectivity index (χ3v) is 4.83. The predicted molar refractivity (Wildman–Crippen MR) is 68.2 cm³/mol. The maximum atomic E-state index is 6.23. The van der Waals surface area contributed by atoms with Gasteiger partial charge in [0.15, 0.2) is 0 Å². The van der Waals surface area contributed by atoms with Crippen molar-refractivity contribution < 1.29 is 0 Å². The van der Waals surface area contributed by atoms with Crippen LogP contribution in [-0.4, -0.2) is 0 Å². The van der Waals surface area contributed by atoms with E-state index in [1.54, 1.807) is 11.3 Å². The second-order valence-corrected chi connectivity index (χ2v) is 5.51. The molecule has 1 fully saturated rings. The van der Waals surface area contributed by atoms with Crippen molar-refractivity contribution in [3.8, 4) is 0 Å². The van der Waals surface area contributed by atoms with Crippen molar-refractivity contribution in [2.45, 2.75) is 31.7 Å². The molecule has 0 aliphatic heterocycles. The summed E-state index contributed by atoms with van der Waals surface area (Å²) in [4.78, 5) is 1.33. The summed E-state index contributed by atoms with van der Waals surface area (Å²) in [5.74, 6) is 0.718. The van der Waals surface area contributed by atoms with Gasteiger partial charge in [-0.15, -0.1) is 23.7 Å². The predicted octanol–water partition coefficient (Wildman–Crippen LogP) is 4.12. The van der Waals surface area contributed by atoms with Crippen molar-refractivity contribution in [1.29, 1.82) is 0 Å². The third kappa shape index (κ3) is 2.51. The Balaban J connectivity index is 0.000000980. The Morgan fingerprint density at radius 2 is 2.07 bits per heavy atom. The topological polar surface area (TPSA) is 26.0 Å². The van der Waals surface area contributed by atoms with E-state index in [0.717, 1.165) is 5.92 Å². The molecule has 0 spiro atoms. The van der Waals surface area contributed by atoms with Crippen molar-refractivity contribution >= 4 is 39.7 Å². The molecule has 1 aromatic heterocycles. The Hall–Kier alpha value is 0.430. The zero-order chi connectivity index (χ0) is 9.26. The van der Waals surface area contributed by atoms with E-state index in [2.05, 4.69) is 27.4 Å². The number of hydrogen-bond acceptors (Lipinski definition) is 2. The maximum Gasteiger partial charge on any atom is 0.0429 e. The lowest BCUT2D eigenvalue weighted by molar-refractivity contribution is 0.449. The van der Waals surface area contributed by atoms with Gasteiger partial charge in [0.25, 0.3) is 0 Å². The van der Waals surface area contributed by atoms with Gasteiger partial charge in [-0.05, 0) is 46.1 Å². The molecule has 1 aromatic rings. The highest BCUT2D eigenvalue weighted by Crippen LogP contribution is 2.38. The van der Waals surface area contributed by atoms with E-state index in [1.165, 1.54) is 35.0 Å². The molecule has 1 heterocycles. The standard InChI is InChI=1S/C10H14BrNS.ClH/c11-8-5-6-13-10(8)9(12)7-3-1-2-4-7;/h5-7,9H,1-4,12H2;1H/t9-;/m0./s1. The molecular weight excluding hydrogens is 282 g/mol. The smallest absolute Gasteiger partial charge is 0.0429 e. The van der Waals surface area contributed by atoms with Crippen molar-refractivity contribution in [2.75, 3.05) is 0 Å². The van der Waals surface area contributed by atoms with Gasteiger partial charge in [0.1, 0.15) is 0 Å². The monoisotopic (exact) mass is 295 g/mol. The molecule has 1 nitrogen and oxygen atoms in total. The van der Waals surface area contributed by atoms with Crippen LogP contribution in [0.4, 0.5) is 0 Å². The van der Waals surface area contributed by atoms with Gasteiger partial charge < -0.3 is 5.73 Å². The SMILES string of the molecule is Cl.N[C@H](c1sccc1Br)C1CCCC1. The average molecular weight is 297 g/mol. The molecule has 0 radical (unpaired) electrons. The highest BCUT2D eigenvalue weighted by atomic mass is 79.9. The summed E-state index contributed by atoms with van der Waals surface area (Å²) in [6, 6.07) is 2.35. The molecular formula is C10H15BrClNS. The first kappa shape index (κ1) is 12.5. The van der Waals surface area contributed by atoms with Gasteiger partial charge in [0.05, 0.1) is 0 Å². The maximum absolute atomic E-state index is 6.23. The van der Waals surface area contributed by atoms with E-state index in [-0.39, 0.29) is 18.4 Å². The van der Waals surface area contributed by atoms with Crippen LogP contribution < -0.4 is 5.73 Å². The van der Waals surface area contributed by atoms with Gasteiger partial charge in [-0.3, -0.25) is 0 Å². The fourth-order valence-corrected chi connectivity index (χ4v) is 3.81. The average Bonchev–Trinajstić information content (AvgIpc) is 2.72. The molecule has 0 unspecified atom stereocenters. The summed E-state index contributed by atoms with van der Waals surface area (Å²) in [5, 5.41) is 2.11. The van der Waals surface area contributed by atoms with Crippen LogP contribution in [0.3, 0.4) is 0 Å². The van der Waals surface area contributed by atoms with Crippen LogP contribution in [0.1, 0.15) is 36.6 Å². The van der Waals surface area contributed by atoms with Gasteiger partial charge in [-0.2, -0.15) is 0 Å². The van der Waals surface area contributed by atoms with Crippen LogP contribution in [-0.2, 0) is 0 Å². The fourth-order valence-electron chi connectivity index (χ4n) is 2.07. The number of thiophene rings is 1. The summed E-state index contributed by atoms with van der Waals surface area (Å²) < 4.78 is 1.19. The first-order chi connectivity index (χ1) is 6.29. The van der Waals surface area contributed by atoms with E-state index in [9.17, 15) is 0 Å². The number of rotatable bonds is 2. The number of hydrogen-bond donors (Lipinski definition) is 1. The molecule has 1 atom stereocenters. The van der Waals surface area contributed by atoms with Crippen LogP contribution in [0.2, 0.25) is 0 Å². The zero-order valence-corrected chi connectivity index (χ0v) is 11.1. The highest BCUT2D eigenvalue weighted by molar-refractivity contribution is 9.10. The number of halogens is 2. The minimum absolute atomic E-state index is 0. The van der Waals surface area contributed by atoms with Crippen LogP contribution in [0.15, 0.2) is 15.9 Å². The fraction of sp³-hybridized carbons (Fsp3) is 0.600. The summed E-state index contributed by atoms with van der Waals surface area (Å²) in [6.45, 7) is 0. The van der Waals surface area contributed by atoms with E-state index < -0.39 is 0 Å². The van der Waals surface area contributed by atoms with Crippen molar-refractivity contribution in [3.05, 3.63) is 20.8 Å². The van der Waals surface area contributed by atoms with Gasteiger partial charge in [-0.25, -0.2) is 0 Å². The van der Waals surface area contributed by atoms with E-state index >= 15 is 0 Å². The molecule has 0 saturated heterocycles. The Morgan fingerprint density at radius 3 is 2.57 bits per heavy atom. The number of nitrogens with two attached hydrogens (primary N) is 1. The summed E-state index contributed by atoms with van der Waals surface area (Å²) in [6.07, 6.45) is 5.35. The van der Waals surface area contributed by atoms with E-state index in [4.69, 9.17) is 5.73 Å². The minimum Gasteiger partial charge on any atom is -0.323 e. The lowest BCUT2D eigenvalue weighted by Crippen LogP contribution is -2.18. The lowest BCUT2D eigenvalue weighted by atomic mass is 9.98. The van der Waals surface area contributed by atoms with Crippen molar-refractivity contribution in [2.24, 2.45) is 11.7 Å². The van der Waals surface area contributed by atoms with Crippen LogP contribution in [0.25, 0.3) is 0 Å². The van der Waals surface area contributed by atoms with Crippen LogP contribution >= 0.6 is 39.7 Å². The van der Waals surface area contributed by atoms with Crippen molar-refractivity contribution in [1.82, 2.24) is 0 Å². The molecule has 2 N–H and O–H groups in total. The first-order valence-corrected chi connectivity index (χ1v) is 6.45. The highest BCUT2D eigenvalue weighted by Gasteiger charge is 2.25. The van der Waals surface area contributed by atoms with Gasteiger partial charge >= 0.3 is 0 Å². The lowest BCUT2D eigenvalue weighted by Gasteiger charge is -2.17. The van der Waals surface area contributed by atoms with Gasteiger partial charge in [0, 0.05) is 15.4 Å². The van der Waals surface area contributed by atoms with Crippen molar-refractivity contribution in [3.63, 3.8) is 0 Å². The summed E-state index contributed by atoms with van der Waals surface area (Å²) >= 11 is 5.32. The van der Waals surface area contributed by atoms with E-state index in [0.29, 0.717) is 0 Å². The molecule has 80 valence electrons. The summed E-state index contributed by atoms with van der Waals surface area (Å²) in [5.41, 5.74) is 6.23. The van der Waals surface area contributed by atoms with Crippen LogP contribution in [0.5, 0.6) is 0 Å². The molecule has 0 amide bonds.